The first-order valence-corrected chi connectivity index (χ1v) is 9.76. The Morgan fingerprint density at radius 3 is 2.13 bits per heavy atom. The third kappa shape index (κ3) is 2.46. The highest BCUT2D eigenvalue weighted by Gasteiger charge is 2.45. The minimum Gasteiger partial charge on any atom is -0.392 e. The minimum absolute atomic E-state index is 0.259. The van der Waals surface area contributed by atoms with Crippen LogP contribution in [-0.2, 0) is 0 Å². The molecule has 5 rings (SSSR count). The van der Waals surface area contributed by atoms with E-state index in [0.717, 1.165) is 10.6 Å². The molecule has 0 amide bonds. The molecule has 1 N–H and O–H groups in total. The van der Waals surface area contributed by atoms with Crippen molar-refractivity contribution in [3.8, 4) is 0 Å². The zero-order valence-electron chi connectivity index (χ0n) is 13.1. The van der Waals surface area contributed by atoms with Gasteiger partial charge in [0.1, 0.15) is 0 Å². The van der Waals surface area contributed by atoms with Gasteiger partial charge in [0.25, 0.3) is 0 Å². The van der Waals surface area contributed by atoms with Crippen LogP contribution in [0.25, 0.3) is 0 Å². The average Bonchev–Trinajstić information content (AvgIpc) is 2.61. The molecular weight excluding hydrogens is 320 g/mol. The molecule has 0 spiro atoms. The van der Waals surface area contributed by atoms with Gasteiger partial charge in [0.2, 0.25) is 0 Å². The Kier molecular flexibility index (Phi) is 4.04. The molecule has 2 aromatic rings. The van der Waals surface area contributed by atoms with Crippen LogP contribution in [0.1, 0.15) is 46.9 Å². The van der Waals surface area contributed by atoms with Gasteiger partial charge in [0.15, 0.2) is 0 Å². The fourth-order valence-corrected chi connectivity index (χ4v) is 4.97. The molecular formula is C20H20OS2. The van der Waals surface area contributed by atoms with Crippen molar-refractivity contribution in [3.63, 3.8) is 0 Å². The topological polar surface area (TPSA) is 20.2 Å². The van der Waals surface area contributed by atoms with E-state index in [1.807, 2.05) is 6.26 Å². The van der Waals surface area contributed by atoms with Gasteiger partial charge in [0, 0.05) is 18.3 Å². The van der Waals surface area contributed by atoms with Crippen LogP contribution in [-0.4, -0.2) is 21.7 Å². The van der Waals surface area contributed by atoms with Gasteiger partial charge in [0.05, 0.1) is 10.3 Å². The van der Waals surface area contributed by atoms with Gasteiger partial charge in [-0.1, -0.05) is 60.7 Å². The number of hydrogen-bond acceptors (Lipinski definition) is 3. The number of aliphatic hydroxyl groups is 1. The van der Waals surface area contributed by atoms with E-state index in [1.165, 1.54) is 22.3 Å². The number of thioether (sulfide) groups is 1. The summed E-state index contributed by atoms with van der Waals surface area (Å²) in [4.78, 5) is 0. The van der Waals surface area contributed by atoms with Gasteiger partial charge in [-0.25, -0.2) is 0 Å². The summed E-state index contributed by atoms with van der Waals surface area (Å²) in [5.74, 6) is 0.969. The number of rotatable bonds is 3. The normalized spacial score (nSPS) is 25.6. The van der Waals surface area contributed by atoms with Crippen molar-refractivity contribution in [2.75, 3.05) is 6.26 Å². The Morgan fingerprint density at radius 2 is 1.61 bits per heavy atom. The fourth-order valence-electron chi connectivity index (χ4n) is 4.47. The molecule has 3 aliphatic rings. The van der Waals surface area contributed by atoms with Crippen molar-refractivity contribution in [2.24, 2.45) is 5.92 Å². The monoisotopic (exact) mass is 340 g/mol. The molecule has 1 nitrogen and oxygen atoms in total. The standard InChI is InChI=1S/C20H20OS2/c1-23-19(22)11-18(21)17-10-16-12-6-2-4-8-14(12)20(17)15-9-5-3-7-13(15)16/h2-9,16-18,20-21H,10-11H2,1H3/t16?,17-,18+,20?/m1/s1. The van der Waals surface area contributed by atoms with Crippen molar-refractivity contribution in [3.05, 3.63) is 70.8 Å². The predicted octanol–water partition coefficient (Wildman–Crippen LogP) is 4.73. The highest BCUT2D eigenvalue weighted by molar-refractivity contribution is 8.22. The molecule has 0 saturated heterocycles. The maximum atomic E-state index is 10.8. The second-order valence-corrected chi connectivity index (χ2v) is 8.19. The first kappa shape index (κ1) is 15.4. The number of fused-ring (bicyclic) bond motifs is 1. The third-order valence-electron chi connectivity index (χ3n) is 5.45. The van der Waals surface area contributed by atoms with Crippen molar-refractivity contribution >= 4 is 28.2 Å². The largest absolute Gasteiger partial charge is 0.392 e. The smallest absolute Gasteiger partial charge is 0.0631 e. The van der Waals surface area contributed by atoms with Crippen molar-refractivity contribution in [1.82, 2.24) is 0 Å². The Morgan fingerprint density at radius 1 is 1.09 bits per heavy atom. The second-order valence-electron chi connectivity index (χ2n) is 6.54. The Hall–Kier alpha value is -1.16. The first-order valence-electron chi connectivity index (χ1n) is 8.13. The summed E-state index contributed by atoms with van der Waals surface area (Å²) in [5.41, 5.74) is 5.71. The molecule has 0 aromatic heterocycles. The summed E-state index contributed by atoms with van der Waals surface area (Å²) in [5, 5.41) is 10.8. The number of hydrogen-bond donors (Lipinski definition) is 1. The SMILES string of the molecule is CSC(=S)C[C@H](O)[C@H]1CC2c3ccccc3C1c1ccccc12. The van der Waals surface area contributed by atoms with Crippen LogP contribution >= 0.6 is 24.0 Å². The molecule has 2 aromatic carbocycles. The fraction of sp³-hybridized carbons (Fsp3) is 0.350. The van der Waals surface area contributed by atoms with E-state index >= 15 is 0 Å². The van der Waals surface area contributed by atoms with E-state index in [9.17, 15) is 5.11 Å². The third-order valence-corrected chi connectivity index (χ3v) is 6.74. The van der Waals surface area contributed by atoms with Gasteiger partial charge in [-0.15, -0.1) is 11.8 Å². The van der Waals surface area contributed by atoms with E-state index in [1.54, 1.807) is 11.8 Å². The predicted molar refractivity (Wildman–Crippen MR) is 101 cm³/mol. The number of benzene rings is 2. The molecule has 3 heteroatoms. The van der Waals surface area contributed by atoms with Crippen LogP contribution in [0.3, 0.4) is 0 Å². The van der Waals surface area contributed by atoms with Crippen molar-refractivity contribution in [1.29, 1.82) is 0 Å². The molecule has 0 unspecified atom stereocenters. The molecule has 23 heavy (non-hydrogen) atoms. The maximum Gasteiger partial charge on any atom is 0.0631 e. The summed E-state index contributed by atoms with van der Waals surface area (Å²) >= 11 is 6.93. The highest BCUT2D eigenvalue weighted by Crippen LogP contribution is 2.56. The van der Waals surface area contributed by atoms with E-state index in [4.69, 9.17) is 12.2 Å². The molecule has 2 bridgehead atoms. The van der Waals surface area contributed by atoms with Crippen LogP contribution in [0.4, 0.5) is 0 Å². The molecule has 2 atom stereocenters. The van der Waals surface area contributed by atoms with Crippen LogP contribution in [0, 0.1) is 5.92 Å². The molecule has 3 aliphatic carbocycles. The van der Waals surface area contributed by atoms with Gasteiger partial charge in [-0.2, -0.15) is 0 Å². The Bertz CT molecular complexity index is 707. The molecule has 0 heterocycles. The highest BCUT2D eigenvalue weighted by atomic mass is 32.2. The van der Waals surface area contributed by atoms with E-state index in [0.29, 0.717) is 18.3 Å². The minimum atomic E-state index is -0.357. The lowest BCUT2D eigenvalue weighted by atomic mass is 9.58. The lowest BCUT2D eigenvalue weighted by Crippen LogP contribution is -2.38. The van der Waals surface area contributed by atoms with Gasteiger partial charge in [-0.05, 0) is 40.8 Å². The summed E-state index contributed by atoms with van der Waals surface area (Å²) in [7, 11) is 0. The van der Waals surface area contributed by atoms with Crippen LogP contribution in [0.15, 0.2) is 48.5 Å². The van der Waals surface area contributed by atoms with E-state index in [-0.39, 0.29) is 12.0 Å². The zero-order valence-corrected chi connectivity index (χ0v) is 14.7. The van der Waals surface area contributed by atoms with E-state index in [2.05, 4.69) is 48.5 Å². The second kappa shape index (κ2) is 6.04. The van der Waals surface area contributed by atoms with Gasteiger partial charge < -0.3 is 5.11 Å². The summed E-state index contributed by atoms with van der Waals surface area (Å²) in [6.45, 7) is 0. The van der Waals surface area contributed by atoms with Crippen LogP contribution < -0.4 is 0 Å². The Balaban J connectivity index is 1.78. The lowest BCUT2D eigenvalue weighted by Gasteiger charge is -2.47. The average molecular weight is 341 g/mol. The van der Waals surface area contributed by atoms with Crippen molar-refractivity contribution in [2.45, 2.75) is 30.8 Å². The van der Waals surface area contributed by atoms with Crippen LogP contribution in [0.5, 0.6) is 0 Å². The lowest BCUT2D eigenvalue weighted by molar-refractivity contribution is 0.0880. The van der Waals surface area contributed by atoms with Gasteiger partial charge in [-0.3, -0.25) is 0 Å². The van der Waals surface area contributed by atoms with Crippen molar-refractivity contribution < 1.29 is 5.11 Å². The molecule has 0 aliphatic heterocycles. The molecule has 0 fully saturated rings. The molecule has 0 saturated carbocycles. The maximum absolute atomic E-state index is 10.8. The number of thiocarbonyl (C=S) groups is 1. The molecule has 118 valence electrons. The zero-order chi connectivity index (χ0) is 16.0. The quantitative estimate of drug-likeness (QED) is 0.816. The summed E-state index contributed by atoms with van der Waals surface area (Å²) < 4.78 is 0.903. The molecule has 0 radical (unpaired) electrons. The summed E-state index contributed by atoms with van der Waals surface area (Å²) in [6.07, 6.45) is 3.28. The Labute approximate surface area is 147 Å². The summed E-state index contributed by atoms with van der Waals surface area (Å²) in [6, 6.07) is 17.5. The van der Waals surface area contributed by atoms with Crippen LogP contribution in [0.2, 0.25) is 0 Å². The van der Waals surface area contributed by atoms with E-state index < -0.39 is 0 Å². The first-order chi connectivity index (χ1) is 11.2. The number of aliphatic hydroxyl groups excluding tert-OH is 1. The van der Waals surface area contributed by atoms with Gasteiger partial charge >= 0.3 is 0 Å².